The normalized spacial score (nSPS) is 10.6. The van der Waals surface area contributed by atoms with E-state index in [9.17, 15) is 10.2 Å². The number of rotatable bonds is 15. The second kappa shape index (κ2) is 20.4. The van der Waals surface area contributed by atoms with Crippen molar-refractivity contribution in [1.82, 2.24) is 0 Å². The molecule has 0 bridgehead atoms. The van der Waals surface area contributed by atoms with Crippen molar-refractivity contribution in [1.29, 1.82) is 0 Å². The van der Waals surface area contributed by atoms with Gasteiger partial charge in [0.25, 0.3) is 0 Å². The van der Waals surface area contributed by atoms with Crippen LogP contribution in [0.3, 0.4) is 0 Å². The summed E-state index contributed by atoms with van der Waals surface area (Å²) in [5.74, 6) is 25.6. The van der Waals surface area contributed by atoms with E-state index in [2.05, 4.69) is 47.4 Å². The highest BCUT2D eigenvalue weighted by atomic mass is 16.5. The van der Waals surface area contributed by atoms with E-state index in [4.69, 9.17) is 18.9 Å². The van der Waals surface area contributed by atoms with E-state index in [-0.39, 0.29) is 26.4 Å². The molecule has 0 aliphatic rings. The SMILES string of the molecule is CC#CCOc1ccc(C(O)(c2ccc(OCC#CC)cc2)c2ccc(-c3ccc(C(O)(c4ccc(OCC#CC)cc4)c4ccc(OCC#CC)cc4)cc3)cc2)cc1. The van der Waals surface area contributed by atoms with E-state index in [1.807, 2.05) is 146 Å². The second-order valence-corrected chi connectivity index (χ2v) is 13.5. The van der Waals surface area contributed by atoms with Crippen molar-refractivity contribution in [2.75, 3.05) is 26.4 Å². The number of hydrogen-bond donors (Lipinski definition) is 2. The lowest BCUT2D eigenvalue weighted by atomic mass is 9.79. The molecule has 0 aliphatic carbocycles. The van der Waals surface area contributed by atoms with Gasteiger partial charge in [0.2, 0.25) is 0 Å². The Morgan fingerprint density at radius 3 is 0.683 bits per heavy atom. The highest BCUT2D eigenvalue weighted by Crippen LogP contribution is 2.41. The van der Waals surface area contributed by atoms with Crippen molar-refractivity contribution in [2.45, 2.75) is 38.9 Å². The van der Waals surface area contributed by atoms with Gasteiger partial charge in [0.05, 0.1) is 0 Å². The van der Waals surface area contributed by atoms with Crippen LogP contribution in [0.5, 0.6) is 23.0 Å². The predicted octanol–water partition coefficient (Wildman–Crippen LogP) is 9.53. The Labute approximate surface area is 353 Å². The highest BCUT2D eigenvalue weighted by Gasteiger charge is 2.35. The van der Waals surface area contributed by atoms with E-state index in [0.717, 1.165) is 11.1 Å². The summed E-state index contributed by atoms with van der Waals surface area (Å²) in [4.78, 5) is 0. The number of hydrogen-bond acceptors (Lipinski definition) is 6. The first kappa shape index (κ1) is 42.3. The Balaban J connectivity index is 1.32. The van der Waals surface area contributed by atoms with Crippen molar-refractivity contribution >= 4 is 0 Å². The van der Waals surface area contributed by atoms with Crippen molar-refractivity contribution in [2.24, 2.45) is 0 Å². The summed E-state index contributed by atoms with van der Waals surface area (Å²) in [6.07, 6.45) is 0. The molecule has 0 heterocycles. The molecule has 0 saturated heterocycles. The Morgan fingerprint density at radius 2 is 0.500 bits per heavy atom. The molecular formula is C54H46O6. The van der Waals surface area contributed by atoms with Crippen LogP contribution in [0.2, 0.25) is 0 Å². The van der Waals surface area contributed by atoms with E-state index in [0.29, 0.717) is 56.4 Å². The summed E-state index contributed by atoms with van der Waals surface area (Å²) >= 11 is 0. The molecule has 60 heavy (non-hydrogen) atoms. The lowest BCUT2D eigenvalue weighted by Gasteiger charge is -2.31. The van der Waals surface area contributed by atoms with Gasteiger partial charge in [-0.25, -0.2) is 0 Å². The molecule has 6 heteroatoms. The van der Waals surface area contributed by atoms with Gasteiger partial charge in [0, 0.05) is 0 Å². The predicted molar refractivity (Wildman–Crippen MR) is 238 cm³/mol. The summed E-state index contributed by atoms with van der Waals surface area (Å²) in [5, 5.41) is 25.4. The van der Waals surface area contributed by atoms with Gasteiger partial charge in [0.15, 0.2) is 0 Å². The van der Waals surface area contributed by atoms with E-state index >= 15 is 0 Å². The molecule has 2 N–H and O–H groups in total. The standard InChI is InChI=1S/C54H46O6/c1-5-9-37-57-49-29-21-45(22-30-49)53(55,46-23-31-50(32-24-46)58-38-10-6-2)43-17-13-41(14-18-43)42-15-19-44(20-16-42)54(56,47-25-33-51(34-26-47)59-39-11-7-3)48-27-35-52(36-28-48)60-40-12-8-4/h13-36,55-56H,37-40H2,1-4H3. The van der Waals surface area contributed by atoms with Crippen LogP contribution in [0.25, 0.3) is 11.1 Å². The molecule has 0 saturated carbocycles. The summed E-state index contributed by atoms with van der Waals surface area (Å²) < 4.78 is 23.0. The monoisotopic (exact) mass is 790 g/mol. The van der Waals surface area contributed by atoms with Crippen LogP contribution < -0.4 is 18.9 Å². The summed E-state index contributed by atoms with van der Waals surface area (Å²) in [6, 6.07) is 45.4. The maximum Gasteiger partial charge on any atom is 0.149 e. The lowest BCUT2D eigenvalue weighted by molar-refractivity contribution is 0.125. The Morgan fingerprint density at radius 1 is 0.317 bits per heavy atom. The van der Waals surface area contributed by atoms with Crippen molar-refractivity contribution < 1.29 is 29.2 Å². The average molecular weight is 791 g/mol. The molecule has 6 aromatic rings. The fraction of sp³-hybridized carbons (Fsp3) is 0.185. The maximum atomic E-state index is 12.7. The number of ether oxygens (including phenoxy) is 4. The molecule has 6 nitrogen and oxygen atoms in total. The minimum Gasteiger partial charge on any atom is -0.481 e. The minimum atomic E-state index is -1.50. The van der Waals surface area contributed by atoms with Gasteiger partial charge in [-0.2, -0.15) is 0 Å². The van der Waals surface area contributed by atoms with Crippen LogP contribution >= 0.6 is 0 Å². The van der Waals surface area contributed by atoms with Crippen LogP contribution in [-0.4, -0.2) is 36.6 Å². The van der Waals surface area contributed by atoms with Crippen LogP contribution in [0, 0.1) is 47.4 Å². The zero-order valence-corrected chi connectivity index (χ0v) is 34.2. The van der Waals surface area contributed by atoms with E-state index < -0.39 is 11.2 Å². The van der Waals surface area contributed by atoms with Gasteiger partial charge in [-0.1, -0.05) is 121 Å². The van der Waals surface area contributed by atoms with Crippen LogP contribution in [0.4, 0.5) is 0 Å². The van der Waals surface area contributed by atoms with E-state index in [1.165, 1.54) is 0 Å². The highest BCUT2D eigenvalue weighted by molar-refractivity contribution is 5.66. The first-order valence-corrected chi connectivity index (χ1v) is 19.5. The second-order valence-electron chi connectivity index (χ2n) is 13.5. The smallest absolute Gasteiger partial charge is 0.149 e. The summed E-state index contributed by atoms with van der Waals surface area (Å²) in [5.41, 5.74) is 2.89. The molecule has 0 atom stereocenters. The average Bonchev–Trinajstić information content (AvgIpc) is 3.30. The maximum absolute atomic E-state index is 12.7. The molecule has 0 spiro atoms. The van der Waals surface area contributed by atoms with Crippen molar-refractivity contribution in [3.8, 4) is 81.5 Å². The molecule has 6 rings (SSSR count). The Hall–Kier alpha value is -7.32. The molecule has 0 unspecified atom stereocenters. The van der Waals surface area contributed by atoms with Gasteiger partial charge >= 0.3 is 0 Å². The minimum absolute atomic E-state index is 0.280. The Bertz CT molecular complexity index is 2260. The molecule has 0 amide bonds. The van der Waals surface area contributed by atoms with Crippen LogP contribution in [0.15, 0.2) is 146 Å². The largest absolute Gasteiger partial charge is 0.481 e. The van der Waals surface area contributed by atoms with Gasteiger partial charge in [-0.15, -0.1) is 23.7 Å². The lowest BCUT2D eigenvalue weighted by Crippen LogP contribution is -2.29. The van der Waals surface area contributed by atoms with Crippen molar-refractivity contribution in [3.63, 3.8) is 0 Å². The topological polar surface area (TPSA) is 77.4 Å². The number of aliphatic hydroxyl groups is 2. The molecule has 6 aromatic carbocycles. The molecule has 0 fully saturated rings. The number of benzene rings is 6. The van der Waals surface area contributed by atoms with Crippen molar-refractivity contribution in [3.05, 3.63) is 179 Å². The molecule has 298 valence electrons. The zero-order valence-electron chi connectivity index (χ0n) is 34.2. The third-order valence-corrected chi connectivity index (χ3v) is 9.98. The fourth-order valence-corrected chi connectivity index (χ4v) is 6.74. The Kier molecular flexibility index (Phi) is 14.4. The first-order chi connectivity index (χ1) is 29.3. The zero-order chi connectivity index (χ0) is 42.2. The van der Waals surface area contributed by atoms with Gasteiger partial charge < -0.3 is 29.2 Å². The quantitative estimate of drug-likeness (QED) is 0.0798. The van der Waals surface area contributed by atoms with Crippen LogP contribution in [-0.2, 0) is 11.2 Å². The third-order valence-electron chi connectivity index (χ3n) is 9.98. The molecule has 0 aromatic heterocycles. The van der Waals surface area contributed by atoms with Gasteiger partial charge in [-0.3, -0.25) is 0 Å². The van der Waals surface area contributed by atoms with Crippen LogP contribution in [0.1, 0.15) is 61.1 Å². The molecule has 0 aliphatic heterocycles. The molecular weight excluding hydrogens is 745 g/mol. The third kappa shape index (κ3) is 9.85. The summed E-state index contributed by atoms with van der Waals surface area (Å²) in [6.45, 7) is 8.20. The van der Waals surface area contributed by atoms with Gasteiger partial charge in [0.1, 0.15) is 60.6 Å². The fourth-order valence-electron chi connectivity index (χ4n) is 6.74. The van der Waals surface area contributed by atoms with Gasteiger partial charge in [-0.05, 0) is 121 Å². The first-order valence-electron chi connectivity index (χ1n) is 19.5. The van der Waals surface area contributed by atoms with E-state index in [1.54, 1.807) is 27.7 Å². The summed E-state index contributed by atoms with van der Waals surface area (Å²) in [7, 11) is 0. The molecule has 0 radical (unpaired) electrons.